The molecule has 0 aliphatic rings. The second-order valence-corrected chi connectivity index (χ2v) is 9.01. The minimum atomic E-state index is -0.618. The molecule has 3 aromatic carbocycles. The van der Waals surface area contributed by atoms with Gasteiger partial charge in [-0.1, -0.05) is 42.5 Å². The van der Waals surface area contributed by atoms with Crippen molar-refractivity contribution in [3.8, 4) is 5.75 Å². The third-order valence-electron chi connectivity index (χ3n) is 5.14. The molecule has 0 unspecified atom stereocenters. The third kappa shape index (κ3) is 7.19. The molecule has 0 spiro atoms. The quantitative estimate of drug-likeness (QED) is 0.400. The highest BCUT2D eigenvalue weighted by Crippen LogP contribution is 2.31. The van der Waals surface area contributed by atoms with Crippen molar-refractivity contribution in [1.29, 1.82) is 0 Å². The molecule has 3 aromatic rings. The van der Waals surface area contributed by atoms with Gasteiger partial charge in [-0.2, -0.15) is 0 Å². The van der Waals surface area contributed by atoms with Gasteiger partial charge in [0.2, 0.25) is 0 Å². The third-order valence-corrected chi connectivity index (χ3v) is 5.14. The highest BCUT2D eigenvalue weighted by Gasteiger charge is 2.24. The topological polar surface area (TPSA) is 59.0 Å². The molecule has 3 rings (SSSR count). The van der Waals surface area contributed by atoms with Gasteiger partial charge in [0.05, 0.1) is 6.54 Å². The van der Waals surface area contributed by atoms with Crippen molar-refractivity contribution in [2.45, 2.75) is 52.4 Å². The second kappa shape index (κ2) is 11.1. The molecule has 1 N–H and O–H groups in total. The van der Waals surface area contributed by atoms with Crippen LogP contribution in [0.2, 0.25) is 0 Å². The van der Waals surface area contributed by atoms with Crippen molar-refractivity contribution in [3.63, 3.8) is 0 Å². The molecule has 0 radical (unpaired) electrons. The molecule has 176 valence electrons. The average molecular weight is 454 g/mol. The number of rotatable bonds is 9. The molecule has 0 aliphatic heterocycles. The fourth-order valence-corrected chi connectivity index (χ4v) is 3.52. The maximum absolute atomic E-state index is 13.2. The Hall–Kier alpha value is -3.12. The number of hydrogen-bond donors (Lipinski definition) is 1. The maximum Gasteiger partial charge on any atom is 0.410 e. The van der Waals surface area contributed by atoms with E-state index in [1.807, 2.05) is 57.2 Å². The van der Waals surface area contributed by atoms with Crippen LogP contribution in [0.25, 0.3) is 10.8 Å². The first kappa shape index (κ1) is 24.5. The molecule has 0 bridgehead atoms. The van der Waals surface area contributed by atoms with E-state index in [1.54, 1.807) is 17.0 Å². The lowest BCUT2D eigenvalue weighted by molar-refractivity contribution is 0.0227. The number of unbranched alkanes of at least 4 members (excludes halogenated alkanes) is 1. The van der Waals surface area contributed by atoms with Crippen LogP contribution in [0.4, 0.5) is 9.18 Å². The molecule has 0 aromatic heterocycles. The van der Waals surface area contributed by atoms with Crippen molar-refractivity contribution in [3.05, 3.63) is 77.6 Å². The molecular formula is C27H32FNO4. The number of ether oxygens (including phenoxy) is 2. The van der Waals surface area contributed by atoms with E-state index in [4.69, 9.17) is 9.47 Å². The summed E-state index contributed by atoms with van der Waals surface area (Å²) in [5, 5.41) is 11.2. The summed E-state index contributed by atoms with van der Waals surface area (Å²) in [6, 6.07) is 18.1. The first-order valence-corrected chi connectivity index (χ1v) is 11.2. The van der Waals surface area contributed by atoms with Gasteiger partial charge in [0, 0.05) is 18.7 Å². The van der Waals surface area contributed by atoms with Crippen LogP contribution in [-0.4, -0.2) is 34.9 Å². The van der Waals surface area contributed by atoms with E-state index in [0.29, 0.717) is 31.7 Å². The number of fused-ring (bicyclic) bond motifs is 1. The summed E-state index contributed by atoms with van der Waals surface area (Å²) in [5.74, 6) is 0.370. The van der Waals surface area contributed by atoms with Crippen LogP contribution in [0.5, 0.6) is 5.75 Å². The predicted octanol–water partition coefficient (Wildman–Crippen LogP) is 6.07. The summed E-state index contributed by atoms with van der Waals surface area (Å²) in [7, 11) is 0. The Morgan fingerprint density at radius 1 is 1.00 bits per heavy atom. The van der Waals surface area contributed by atoms with Crippen LogP contribution >= 0.6 is 0 Å². The molecule has 1 amide bonds. The largest absolute Gasteiger partial charge is 0.489 e. The summed E-state index contributed by atoms with van der Waals surface area (Å²) in [6.07, 6.45) is 0.854. The van der Waals surface area contributed by atoms with Crippen LogP contribution in [0.3, 0.4) is 0 Å². The lowest BCUT2D eigenvalue weighted by Crippen LogP contribution is -2.37. The Morgan fingerprint density at radius 2 is 1.73 bits per heavy atom. The predicted molar refractivity (Wildman–Crippen MR) is 128 cm³/mol. The number of benzene rings is 3. The number of carbonyl (C=O) groups excluding carboxylic acids is 1. The molecule has 0 saturated heterocycles. The van der Waals surface area contributed by atoms with Gasteiger partial charge >= 0.3 is 6.09 Å². The molecular weight excluding hydrogens is 421 g/mol. The Kier molecular flexibility index (Phi) is 8.28. The Bertz CT molecular complexity index is 1060. The Labute approximate surface area is 194 Å². The Balaban J connectivity index is 1.91. The number of amides is 1. The summed E-state index contributed by atoms with van der Waals surface area (Å²) < 4.78 is 25.0. The van der Waals surface area contributed by atoms with Crippen LogP contribution < -0.4 is 4.74 Å². The highest BCUT2D eigenvalue weighted by atomic mass is 19.1. The van der Waals surface area contributed by atoms with E-state index in [0.717, 1.165) is 21.9 Å². The van der Waals surface area contributed by atoms with E-state index in [2.05, 4.69) is 0 Å². The molecule has 6 heteroatoms. The van der Waals surface area contributed by atoms with E-state index in [9.17, 15) is 14.3 Å². The molecule has 0 fully saturated rings. The Morgan fingerprint density at radius 3 is 2.42 bits per heavy atom. The van der Waals surface area contributed by atoms with Crippen LogP contribution in [0.1, 0.15) is 44.7 Å². The van der Waals surface area contributed by atoms with Gasteiger partial charge in [-0.25, -0.2) is 9.18 Å². The van der Waals surface area contributed by atoms with Crippen molar-refractivity contribution in [1.82, 2.24) is 4.90 Å². The van der Waals surface area contributed by atoms with E-state index < -0.39 is 11.7 Å². The first-order chi connectivity index (χ1) is 15.8. The van der Waals surface area contributed by atoms with E-state index in [1.165, 1.54) is 12.1 Å². The van der Waals surface area contributed by atoms with Crippen molar-refractivity contribution >= 4 is 16.9 Å². The lowest BCUT2D eigenvalue weighted by atomic mass is 10.0. The number of carbonyl (C=O) groups is 1. The van der Waals surface area contributed by atoms with Gasteiger partial charge in [-0.05, 0) is 68.1 Å². The second-order valence-electron chi connectivity index (χ2n) is 9.01. The van der Waals surface area contributed by atoms with Crippen LogP contribution in [-0.2, 0) is 17.9 Å². The van der Waals surface area contributed by atoms with Gasteiger partial charge in [-0.3, -0.25) is 0 Å². The lowest BCUT2D eigenvalue weighted by Gasteiger charge is -2.28. The SMILES string of the molecule is CC(C)(C)OC(=O)N(CCCCO)Cc1c(OCc2ccc(F)cc2)ccc2ccccc12. The van der Waals surface area contributed by atoms with Crippen molar-refractivity contribution in [2.75, 3.05) is 13.2 Å². The molecule has 33 heavy (non-hydrogen) atoms. The van der Waals surface area contributed by atoms with Gasteiger partial charge in [-0.15, -0.1) is 0 Å². The standard InChI is InChI=1S/C27H32FNO4/c1-27(2,3)33-26(31)29(16-6-7-17-30)18-24-23-9-5-4-8-21(23)12-15-25(24)32-19-20-10-13-22(28)14-11-20/h4-5,8-15,30H,6-7,16-19H2,1-3H3. The van der Waals surface area contributed by atoms with Crippen LogP contribution in [0.15, 0.2) is 60.7 Å². The maximum atomic E-state index is 13.2. The van der Waals surface area contributed by atoms with Crippen molar-refractivity contribution < 1.29 is 23.8 Å². The van der Waals surface area contributed by atoms with Crippen molar-refractivity contribution in [2.24, 2.45) is 0 Å². The summed E-state index contributed by atoms with van der Waals surface area (Å²) >= 11 is 0. The zero-order valence-electron chi connectivity index (χ0n) is 19.5. The monoisotopic (exact) mass is 453 g/mol. The number of hydrogen-bond acceptors (Lipinski definition) is 4. The molecule has 0 heterocycles. The number of nitrogens with zero attached hydrogens (tertiary/aromatic N) is 1. The molecule has 0 aliphatic carbocycles. The van der Waals surface area contributed by atoms with E-state index in [-0.39, 0.29) is 19.0 Å². The zero-order valence-corrected chi connectivity index (χ0v) is 19.5. The van der Waals surface area contributed by atoms with Gasteiger partial charge in [0.1, 0.15) is 23.8 Å². The fraction of sp³-hybridized carbons (Fsp3) is 0.370. The summed E-state index contributed by atoms with van der Waals surface area (Å²) in [6.45, 7) is 6.63. The zero-order chi connectivity index (χ0) is 23.8. The van der Waals surface area contributed by atoms with Gasteiger partial charge in [0.25, 0.3) is 0 Å². The van der Waals surface area contributed by atoms with Crippen LogP contribution in [0, 0.1) is 5.82 Å². The van der Waals surface area contributed by atoms with Gasteiger partial charge in [0.15, 0.2) is 0 Å². The van der Waals surface area contributed by atoms with E-state index >= 15 is 0 Å². The number of halogens is 1. The smallest absolute Gasteiger partial charge is 0.410 e. The fourth-order valence-electron chi connectivity index (χ4n) is 3.52. The summed E-state index contributed by atoms with van der Waals surface area (Å²) in [5.41, 5.74) is 1.11. The number of aliphatic hydroxyl groups excluding tert-OH is 1. The highest BCUT2D eigenvalue weighted by molar-refractivity contribution is 5.88. The minimum absolute atomic E-state index is 0.0719. The molecule has 0 atom stereocenters. The number of aliphatic hydroxyl groups is 1. The average Bonchev–Trinajstić information content (AvgIpc) is 2.77. The normalized spacial score (nSPS) is 11.4. The molecule has 0 saturated carbocycles. The summed E-state index contributed by atoms with van der Waals surface area (Å²) in [4.78, 5) is 14.6. The minimum Gasteiger partial charge on any atom is -0.489 e. The first-order valence-electron chi connectivity index (χ1n) is 11.2. The molecule has 5 nitrogen and oxygen atoms in total. The van der Waals surface area contributed by atoms with Gasteiger partial charge < -0.3 is 19.5 Å².